The zero-order chi connectivity index (χ0) is 22.0. The van der Waals surface area contributed by atoms with Gasteiger partial charge in [-0.25, -0.2) is 9.97 Å². The molecule has 3 heterocycles. The van der Waals surface area contributed by atoms with E-state index in [2.05, 4.69) is 15.0 Å². The van der Waals surface area contributed by atoms with E-state index in [-0.39, 0.29) is 11.8 Å². The van der Waals surface area contributed by atoms with Crippen molar-refractivity contribution in [2.75, 3.05) is 27.2 Å². The SMILES string of the molecule is Cc1nc(CC2CCCN(C(=O)c3cnc4ccccc4c3)C2)cc(C(=O)N(C)C)n1. The van der Waals surface area contributed by atoms with Crippen LogP contribution in [0.5, 0.6) is 0 Å². The topological polar surface area (TPSA) is 79.3 Å². The molecule has 1 fully saturated rings. The fraction of sp³-hybridized carbons (Fsp3) is 0.375. The minimum absolute atomic E-state index is 0.0188. The third-order valence-electron chi connectivity index (χ3n) is 5.66. The number of hydrogen-bond donors (Lipinski definition) is 0. The molecule has 3 aromatic rings. The molecule has 2 aromatic heterocycles. The molecule has 0 spiro atoms. The van der Waals surface area contributed by atoms with Crippen molar-refractivity contribution in [3.63, 3.8) is 0 Å². The molecular weight excluding hydrogens is 390 g/mol. The molecule has 31 heavy (non-hydrogen) atoms. The van der Waals surface area contributed by atoms with E-state index >= 15 is 0 Å². The van der Waals surface area contributed by atoms with E-state index in [0.29, 0.717) is 29.5 Å². The summed E-state index contributed by atoms with van der Waals surface area (Å²) >= 11 is 0. The molecule has 0 saturated carbocycles. The normalized spacial score (nSPS) is 16.4. The van der Waals surface area contributed by atoms with Crippen LogP contribution in [0.25, 0.3) is 10.9 Å². The van der Waals surface area contributed by atoms with Crippen molar-refractivity contribution >= 4 is 22.7 Å². The third kappa shape index (κ3) is 4.71. The van der Waals surface area contributed by atoms with Crippen molar-refractivity contribution in [2.45, 2.75) is 26.2 Å². The fourth-order valence-corrected chi connectivity index (χ4v) is 4.16. The van der Waals surface area contributed by atoms with Gasteiger partial charge in [0.2, 0.25) is 0 Å². The van der Waals surface area contributed by atoms with Crippen LogP contribution >= 0.6 is 0 Å². The Bertz CT molecular complexity index is 1130. The van der Waals surface area contributed by atoms with Crippen molar-refractivity contribution in [2.24, 2.45) is 5.92 Å². The number of rotatable bonds is 4. The number of aryl methyl sites for hydroxylation is 1. The van der Waals surface area contributed by atoms with E-state index in [1.165, 1.54) is 4.90 Å². The summed E-state index contributed by atoms with van der Waals surface area (Å²) in [6.45, 7) is 3.22. The van der Waals surface area contributed by atoms with Gasteiger partial charge < -0.3 is 9.80 Å². The highest BCUT2D eigenvalue weighted by Crippen LogP contribution is 2.23. The zero-order valence-electron chi connectivity index (χ0n) is 18.2. The molecule has 1 aromatic carbocycles. The first-order valence-corrected chi connectivity index (χ1v) is 10.6. The van der Waals surface area contributed by atoms with Gasteiger partial charge in [0.05, 0.1) is 11.1 Å². The maximum Gasteiger partial charge on any atom is 0.272 e. The number of carbonyl (C=O) groups excluding carboxylic acids is 2. The van der Waals surface area contributed by atoms with Crippen LogP contribution in [-0.4, -0.2) is 63.8 Å². The van der Waals surface area contributed by atoms with Gasteiger partial charge in [0.25, 0.3) is 11.8 Å². The van der Waals surface area contributed by atoms with Gasteiger partial charge in [0.15, 0.2) is 0 Å². The molecule has 0 radical (unpaired) electrons. The second-order valence-corrected chi connectivity index (χ2v) is 8.37. The zero-order valence-corrected chi connectivity index (χ0v) is 18.2. The van der Waals surface area contributed by atoms with Gasteiger partial charge in [0.1, 0.15) is 11.5 Å². The number of aromatic nitrogens is 3. The van der Waals surface area contributed by atoms with Gasteiger partial charge in [-0.2, -0.15) is 0 Å². The minimum atomic E-state index is -0.129. The number of fused-ring (bicyclic) bond motifs is 1. The van der Waals surface area contributed by atoms with E-state index in [1.54, 1.807) is 33.3 Å². The average molecular weight is 418 g/mol. The number of hydrogen-bond acceptors (Lipinski definition) is 5. The summed E-state index contributed by atoms with van der Waals surface area (Å²) in [7, 11) is 3.43. The van der Waals surface area contributed by atoms with E-state index in [4.69, 9.17) is 0 Å². The average Bonchev–Trinajstić information content (AvgIpc) is 2.77. The van der Waals surface area contributed by atoms with Gasteiger partial charge in [-0.3, -0.25) is 14.6 Å². The Balaban J connectivity index is 1.48. The molecule has 160 valence electrons. The third-order valence-corrected chi connectivity index (χ3v) is 5.66. The van der Waals surface area contributed by atoms with E-state index in [1.807, 2.05) is 35.2 Å². The van der Waals surface area contributed by atoms with Crippen LogP contribution in [0.3, 0.4) is 0 Å². The number of likely N-dealkylation sites (tertiary alicyclic amines) is 1. The highest BCUT2D eigenvalue weighted by atomic mass is 16.2. The quantitative estimate of drug-likeness (QED) is 0.652. The molecule has 1 atom stereocenters. The number of carbonyl (C=O) groups is 2. The number of benzene rings is 1. The summed E-state index contributed by atoms with van der Waals surface area (Å²) < 4.78 is 0. The molecule has 0 aliphatic carbocycles. The smallest absolute Gasteiger partial charge is 0.272 e. The number of pyridine rings is 1. The second kappa shape index (κ2) is 8.79. The highest BCUT2D eigenvalue weighted by molar-refractivity contribution is 5.97. The number of nitrogens with zero attached hydrogens (tertiary/aromatic N) is 5. The number of amides is 2. The molecular formula is C24H27N5O2. The Labute approximate surface area is 182 Å². The van der Waals surface area contributed by atoms with Crippen LogP contribution in [0.1, 0.15) is 45.2 Å². The minimum Gasteiger partial charge on any atom is -0.343 e. The largest absolute Gasteiger partial charge is 0.343 e. The first-order chi connectivity index (χ1) is 14.9. The fourth-order valence-electron chi connectivity index (χ4n) is 4.16. The maximum absolute atomic E-state index is 13.1. The molecule has 1 aliphatic rings. The Morgan fingerprint density at radius 1 is 1.16 bits per heavy atom. The van der Waals surface area contributed by atoms with E-state index in [0.717, 1.165) is 42.4 Å². The Hall–Kier alpha value is -3.35. The lowest BCUT2D eigenvalue weighted by Crippen LogP contribution is -2.40. The van der Waals surface area contributed by atoms with Crippen molar-refractivity contribution in [3.05, 3.63) is 65.4 Å². The summed E-state index contributed by atoms with van der Waals surface area (Å²) in [4.78, 5) is 42.1. The van der Waals surface area contributed by atoms with Crippen LogP contribution in [0, 0.1) is 12.8 Å². The number of piperidine rings is 1. The van der Waals surface area contributed by atoms with Crippen LogP contribution in [-0.2, 0) is 6.42 Å². The summed E-state index contributed by atoms with van der Waals surface area (Å²) in [5, 5.41) is 0.969. The van der Waals surface area contributed by atoms with Gasteiger partial charge >= 0.3 is 0 Å². The first-order valence-electron chi connectivity index (χ1n) is 10.6. The Kier molecular flexibility index (Phi) is 5.93. The van der Waals surface area contributed by atoms with E-state index < -0.39 is 0 Å². The van der Waals surface area contributed by atoms with Crippen LogP contribution < -0.4 is 0 Å². The van der Waals surface area contributed by atoms with Crippen LogP contribution in [0.4, 0.5) is 0 Å². The van der Waals surface area contributed by atoms with Gasteiger partial charge in [-0.05, 0) is 50.3 Å². The summed E-state index contributed by atoms with van der Waals surface area (Å²) in [6.07, 6.45) is 4.36. The van der Waals surface area contributed by atoms with Crippen molar-refractivity contribution in [1.29, 1.82) is 0 Å². The molecule has 7 nitrogen and oxygen atoms in total. The summed E-state index contributed by atoms with van der Waals surface area (Å²) in [6, 6.07) is 11.5. The van der Waals surface area contributed by atoms with Crippen LogP contribution in [0.2, 0.25) is 0 Å². The lowest BCUT2D eigenvalue weighted by atomic mass is 9.92. The van der Waals surface area contributed by atoms with Gasteiger partial charge in [-0.15, -0.1) is 0 Å². The molecule has 1 unspecified atom stereocenters. The maximum atomic E-state index is 13.1. The highest BCUT2D eigenvalue weighted by Gasteiger charge is 2.26. The van der Waals surface area contributed by atoms with E-state index in [9.17, 15) is 9.59 Å². The first kappa shape index (κ1) is 20.9. The Morgan fingerprint density at radius 3 is 2.77 bits per heavy atom. The molecule has 4 rings (SSSR count). The van der Waals surface area contributed by atoms with Crippen molar-refractivity contribution in [3.8, 4) is 0 Å². The standard InChI is InChI=1S/C24H27N5O2/c1-16-26-20(13-22(27-16)24(31)28(2)3)11-17-7-6-10-29(15-17)23(30)19-12-18-8-4-5-9-21(18)25-14-19/h4-5,8-9,12-14,17H,6-7,10-11,15H2,1-3H3. The van der Waals surface area contributed by atoms with Crippen LogP contribution in [0.15, 0.2) is 42.6 Å². The lowest BCUT2D eigenvalue weighted by Gasteiger charge is -2.32. The molecule has 7 heteroatoms. The molecule has 0 bridgehead atoms. The van der Waals surface area contributed by atoms with Crippen molar-refractivity contribution in [1.82, 2.24) is 24.8 Å². The number of para-hydroxylation sites is 1. The summed E-state index contributed by atoms with van der Waals surface area (Å²) in [5.41, 5.74) is 2.77. The lowest BCUT2D eigenvalue weighted by molar-refractivity contribution is 0.0672. The van der Waals surface area contributed by atoms with Gasteiger partial charge in [-0.1, -0.05) is 18.2 Å². The molecule has 0 N–H and O–H groups in total. The monoisotopic (exact) mass is 417 g/mol. The molecule has 1 aliphatic heterocycles. The predicted molar refractivity (Wildman–Crippen MR) is 119 cm³/mol. The molecule has 2 amide bonds. The summed E-state index contributed by atoms with van der Waals surface area (Å²) in [5.74, 6) is 0.776. The Morgan fingerprint density at radius 2 is 1.97 bits per heavy atom. The molecule has 1 saturated heterocycles. The second-order valence-electron chi connectivity index (χ2n) is 8.37. The van der Waals surface area contributed by atoms with Crippen molar-refractivity contribution < 1.29 is 9.59 Å². The predicted octanol–water partition coefficient (Wildman–Crippen LogP) is 3.13. The van der Waals surface area contributed by atoms with Gasteiger partial charge in [0, 0.05) is 44.5 Å².